The van der Waals surface area contributed by atoms with E-state index < -0.39 is 0 Å². The molecule has 22 heavy (non-hydrogen) atoms. The summed E-state index contributed by atoms with van der Waals surface area (Å²) in [5.41, 5.74) is 2.46. The largest absolute Gasteiger partial charge is 0.464 e. The summed E-state index contributed by atoms with van der Waals surface area (Å²) < 4.78 is 7.12. The van der Waals surface area contributed by atoms with Gasteiger partial charge in [0.1, 0.15) is 12.3 Å². The van der Waals surface area contributed by atoms with E-state index in [4.69, 9.17) is 4.42 Å². The Morgan fingerprint density at radius 1 is 1.41 bits per heavy atom. The van der Waals surface area contributed by atoms with Crippen LogP contribution in [-0.4, -0.2) is 27.2 Å². The highest BCUT2D eigenvalue weighted by atomic mass is 16.3. The Bertz CT molecular complexity index is 790. The van der Waals surface area contributed by atoms with Gasteiger partial charge >= 0.3 is 0 Å². The van der Waals surface area contributed by atoms with Gasteiger partial charge in [0, 0.05) is 18.3 Å². The van der Waals surface area contributed by atoms with E-state index >= 15 is 0 Å². The van der Waals surface area contributed by atoms with Crippen LogP contribution >= 0.6 is 0 Å². The Morgan fingerprint density at radius 3 is 3.00 bits per heavy atom. The summed E-state index contributed by atoms with van der Waals surface area (Å²) in [5.74, 6) is 0.710. The van der Waals surface area contributed by atoms with Gasteiger partial charge in [-0.25, -0.2) is 9.67 Å². The highest BCUT2D eigenvalue weighted by molar-refractivity contribution is 5.93. The first-order valence-corrected chi connectivity index (χ1v) is 7.33. The van der Waals surface area contributed by atoms with Gasteiger partial charge in [0.25, 0.3) is 0 Å². The molecule has 0 saturated carbocycles. The highest BCUT2D eigenvalue weighted by Crippen LogP contribution is 2.29. The number of rotatable bonds is 5. The lowest BCUT2D eigenvalue weighted by molar-refractivity contribution is -0.121. The van der Waals surface area contributed by atoms with Crippen LogP contribution in [0, 0.1) is 6.92 Å². The lowest BCUT2D eigenvalue weighted by Gasteiger charge is -2.05. The first-order valence-electron chi connectivity index (χ1n) is 7.33. The van der Waals surface area contributed by atoms with Crippen LogP contribution in [0.2, 0.25) is 0 Å². The van der Waals surface area contributed by atoms with Gasteiger partial charge in [-0.2, -0.15) is 5.10 Å². The number of pyridine rings is 1. The number of aryl methyl sites for hydroxylation is 1. The van der Waals surface area contributed by atoms with Crippen molar-refractivity contribution in [3.05, 3.63) is 36.4 Å². The molecule has 114 valence electrons. The molecular weight excluding hydrogens is 280 g/mol. The molecular formula is C16H18N4O2. The average Bonchev–Trinajstić information content (AvgIpc) is 3.14. The molecule has 0 atom stereocenters. The first-order chi connectivity index (χ1) is 10.7. The van der Waals surface area contributed by atoms with Crippen LogP contribution in [0.3, 0.4) is 0 Å². The smallest absolute Gasteiger partial charge is 0.241 e. The maximum atomic E-state index is 11.9. The molecule has 3 rings (SSSR count). The maximum absolute atomic E-state index is 11.9. The molecule has 3 aromatic heterocycles. The molecule has 6 heteroatoms. The van der Waals surface area contributed by atoms with E-state index in [9.17, 15) is 4.79 Å². The monoisotopic (exact) mass is 298 g/mol. The summed E-state index contributed by atoms with van der Waals surface area (Å²) in [4.78, 5) is 16.3. The maximum Gasteiger partial charge on any atom is 0.241 e. The Labute approximate surface area is 128 Å². The van der Waals surface area contributed by atoms with Crippen molar-refractivity contribution in [3.8, 4) is 11.3 Å². The van der Waals surface area contributed by atoms with E-state index in [1.165, 1.54) is 0 Å². The molecule has 3 heterocycles. The number of nitrogens with zero attached hydrogens (tertiary/aromatic N) is 3. The zero-order chi connectivity index (χ0) is 15.5. The number of nitrogens with one attached hydrogen (secondary N) is 1. The quantitative estimate of drug-likeness (QED) is 0.785. The molecule has 0 aliphatic rings. The molecule has 0 radical (unpaired) electrons. The van der Waals surface area contributed by atoms with Gasteiger partial charge in [-0.3, -0.25) is 4.79 Å². The van der Waals surface area contributed by atoms with Crippen molar-refractivity contribution in [1.82, 2.24) is 20.1 Å². The molecule has 1 amide bonds. The normalized spacial score (nSPS) is 11.0. The second-order valence-corrected chi connectivity index (χ2v) is 5.13. The summed E-state index contributed by atoms with van der Waals surface area (Å²) >= 11 is 0. The molecule has 3 aromatic rings. The van der Waals surface area contributed by atoms with Crippen LogP contribution in [0.4, 0.5) is 0 Å². The van der Waals surface area contributed by atoms with Gasteiger partial charge in [-0.1, -0.05) is 6.92 Å². The molecule has 0 spiro atoms. The SMILES string of the molecule is CCCNC(=O)Cn1nc(C)c2c(-c3ccco3)ccnc21. The average molecular weight is 298 g/mol. The number of furan rings is 1. The fourth-order valence-corrected chi connectivity index (χ4v) is 2.49. The third-order valence-corrected chi connectivity index (χ3v) is 3.46. The molecule has 0 aliphatic carbocycles. The van der Waals surface area contributed by atoms with E-state index in [2.05, 4.69) is 15.4 Å². The minimum atomic E-state index is -0.0588. The summed E-state index contributed by atoms with van der Waals surface area (Å²) in [5, 5.41) is 8.23. The summed E-state index contributed by atoms with van der Waals surface area (Å²) in [6.07, 6.45) is 4.26. The zero-order valence-electron chi connectivity index (χ0n) is 12.7. The van der Waals surface area contributed by atoms with Crippen molar-refractivity contribution >= 4 is 16.9 Å². The van der Waals surface area contributed by atoms with E-state index in [1.54, 1.807) is 17.1 Å². The van der Waals surface area contributed by atoms with Crippen LogP contribution in [0.25, 0.3) is 22.4 Å². The number of hydrogen-bond donors (Lipinski definition) is 1. The van der Waals surface area contributed by atoms with Gasteiger partial charge in [0.15, 0.2) is 5.65 Å². The van der Waals surface area contributed by atoms with Gasteiger partial charge in [-0.05, 0) is 31.5 Å². The molecule has 0 saturated heterocycles. The third kappa shape index (κ3) is 2.59. The predicted molar refractivity (Wildman–Crippen MR) is 83.3 cm³/mol. The van der Waals surface area contributed by atoms with Crippen LogP contribution in [-0.2, 0) is 11.3 Å². The molecule has 6 nitrogen and oxygen atoms in total. The molecule has 0 aromatic carbocycles. The highest BCUT2D eigenvalue weighted by Gasteiger charge is 2.16. The number of carbonyl (C=O) groups excluding carboxylic acids is 1. The van der Waals surface area contributed by atoms with E-state index in [0.717, 1.165) is 28.8 Å². The fourth-order valence-electron chi connectivity index (χ4n) is 2.49. The molecule has 0 fully saturated rings. The van der Waals surface area contributed by atoms with Gasteiger partial charge in [0.2, 0.25) is 5.91 Å². The van der Waals surface area contributed by atoms with E-state index in [0.29, 0.717) is 12.2 Å². The molecule has 0 bridgehead atoms. The lowest BCUT2D eigenvalue weighted by Crippen LogP contribution is -2.28. The van der Waals surface area contributed by atoms with Crippen molar-refractivity contribution < 1.29 is 9.21 Å². The molecule has 0 unspecified atom stereocenters. The van der Waals surface area contributed by atoms with Gasteiger partial charge < -0.3 is 9.73 Å². The molecule has 1 N–H and O–H groups in total. The van der Waals surface area contributed by atoms with Crippen molar-refractivity contribution in [3.63, 3.8) is 0 Å². The molecule has 0 aliphatic heterocycles. The summed E-state index contributed by atoms with van der Waals surface area (Å²) in [6.45, 7) is 4.77. The Kier molecular flexibility index (Phi) is 3.91. The number of hydrogen-bond acceptors (Lipinski definition) is 4. The van der Waals surface area contributed by atoms with Crippen molar-refractivity contribution in [2.24, 2.45) is 0 Å². The second-order valence-electron chi connectivity index (χ2n) is 5.13. The van der Waals surface area contributed by atoms with Crippen molar-refractivity contribution in [2.75, 3.05) is 6.54 Å². The van der Waals surface area contributed by atoms with Crippen LogP contribution in [0.15, 0.2) is 35.1 Å². The Morgan fingerprint density at radius 2 is 2.27 bits per heavy atom. The van der Waals surface area contributed by atoms with Crippen LogP contribution in [0.1, 0.15) is 19.0 Å². The van der Waals surface area contributed by atoms with Gasteiger partial charge in [0.05, 0.1) is 17.3 Å². The van der Waals surface area contributed by atoms with Crippen molar-refractivity contribution in [2.45, 2.75) is 26.8 Å². The fraction of sp³-hybridized carbons (Fsp3) is 0.312. The number of amides is 1. The summed E-state index contributed by atoms with van der Waals surface area (Å²) in [7, 11) is 0. The third-order valence-electron chi connectivity index (χ3n) is 3.46. The van der Waals surface area contributed by atoms with Crippen LogP contribution < -0.4 is 5.32 Å². The second kappa shape index (κ2) is 6.01. The lowest BCUT2D eigenvalue weighted by atomic mass is 10.1. The summed E-state index contributed by atoms with van der Waals surface area (Å²) in [6, 6.07) is 5.65. The van der Waals surface area contributed by atoms with E-state index in [1.807, 2.05) is 32.0 Å². The number of aromatic nitrogens is 3. The minimum absolute atomic E-state index is 0.0588. The van der Waals surface area contributed by atoms with E-state index in [-0.39, 0.29) is 12.5 Å². The Hall–Kier alpha value is -2.63. The number of carbonyl (C=O) groups is 1. The Balaban J connectivity index is 2.00. The number of fused-ring (bicyclic) bond motifs is 1. The first kappa shape index (κ1) is 14.3. The zero-order valence-corrected chi connectivity index (χ0v) is 12.7. The van der Waals surface area contributed by atoms with Crippen molar-refractivity contribution in [1.29, 1.82) is 0 Å². The minimum Gasteiger partial charge on any atom is -0.464 e. The standard InChI is InChI=1S/C16H18N4O2/c1-3-7-17-14(21)10-20-16-15(11(2)19-20)12(6-8-18-16)13-5-4-9-22-13/h4-6,8-9H,3,7,10H2,1-2H3,(H,17,21). The van der Waals surface area contributed by atoms with Crippen LogP contribution in [0.5, 0.6) is 0 Å². The van der Waals surface area contributed by atoms with Gasteiger partial charge in [-0.15, -0.1) is 0 Å². The topological polar surface area (TPSA) is 73.0 Å². The predicted octanol–water partition coefficient (Wildman–Crippen LogP) is 2.53.